The lowest BCUT2D eigenvalue weighted by atomic mass is 9.85. The number of amides is 1. The molecular formula is C29H36N2O5. The largest absolute Gasteiger partial charge is 0.492 e. The molecule has 0 aromatic heterocycles. The maximum atomic E-state index is 14.1. The van der Waals surface area contributed by atoms with Crippen molar-refractivity contribution < 1.29 is 23.8 Å². The average Bonchev–Trinajstić information content (AvgIpc) is 3.86. The number of ether oxygens (including phenoxy) is 3. The van der Waals surface area contributed by atoms with Gasteiger partial charge in [-0.1, -0.05) is 30.3 Å². The van der Waals surface area contributed by atoms with Crippen LogP contribution in [0.3, 0.4) is 0 Å². The summed E-state index contributed by atoms with van der Waals surface area (Å²) in [5.41, 5.74) is 0.566. The molecule has 0 radical (unpaired) electrons. The molecule has 1 amide bonds. The molecule has 1 aliphatic heterocycles. The van der Waals surface area contributed by atoms with E-state index in [0.717, 1.165) is 30.7 Å². The van der Waals surface area contributed by atoms with Gasteiger partial charge in [0.2, 0.25) is 5.91 Å². The van der Waals surface area contributed by atoms with E-state index in [9.17, 15) is 9.59 Å². The maximum absolute atomic E-state index is 14.1. The molecule has 2 aliphatic carbocycles. The van der Waals surface area contributed by atoms with Crippen LogP contribution in [-0.4, -0.2) is 62.3 Å². The van der Waals surface area contributed by atoms with Gasteiger partial charge in [0.1, 0.15) is 17.9 Å². The van der Waals surface area contributed by atoms with Gasteiger partial charge in [-0.2, -0.15) is 0 Å². The Morgan fingerprint density at radius 2 is 1.69 bits per heavy atom. The second-order valence-electron chi connectivity index (χ2n) is 10.3. The van der Waals surface area contributed by atoms with Gasteiger partial charge >= 0.3 is 5.97 Å². The number of rotatable bonds is 11. The van der Waals surface area contributed by atoms with Crippen molar-refractivity contribution in [2.24, 2.45) is 5.92 Å². The fourth-order valence-electron chi connectivity index (χ4n) is 5.27. The molecule has 5 rings (SSSR count). The molecule has 192 valence electrons. The van der Waals surface area contributed by atoms with E-state index >= 15 is 0 Å². The average molecular weight is 493 g/mol. The third-order valence-corrected chi connectivity index (χ3v) is 7.86. The first kappa shape index (κ1) is 24.8. The molecular weight excluding hydrogens is 456 g/mol. The number of hydrogen-bond donors (Lipinski definition) is 1. The van der Waals surface area contributed by atoms with Crippen LogP contribution < -0.4 is 10.1 Å². The second-order valence-corrected chi connectivity index (χ2v) is 10.3. The first-order valence-electron chi connectivity index (χ1n) is 13.1. The Bertz CT molecular complexity index is 1040. The van der Waals surface area contributed by atoms with Gasteiger partial charge in [0, 0.05) is 26.3 Å². The van der Waals surface area contributed by atoms with Gasteiger partial charge in [-0.15, -0.1) is 0 Å². The Morgan fingerprint density at radius 3 is 2.31 bits per heavy atom. The van der Waals surface area contributed by atoms with Crippen LogP contribution in [0.1, 0.15) is 54.4 Å². The van der Waals surface area contributed by atoms with Gasteiger partial charge in [0.25, 0.3) is 0 Å². The Labute approximate surface area is 213 Å². The first-order chi connectivity index (χ1) is 17.5. The molecule has 3 fully saturated rings. The highest BCUT2D eigenvalue weighted by Gasteiger charge is 2.52. The quantitative estimate of drug-likeness (QED) is 0.479. The fourth-order valence-corrected chi connectivity index (χ4v) is 5.27. The van der Waals surface area contributed by atoms with Gasteiger partial charge in [-0.3, -0.25) is 9.69 Å². The van der Waals surface area contributed by atoms with Crippen molar-refractivity contribution in [3.05, 3.63) is 65.7 Å². The lowest BCUT2D eigenvalue weighted by Gasteiger charge is -2.45. The Morgan fingerprint density at radius 1 is 1.00 bits per heavy atom. The van der Waals surface area contributed by atoms with Crippen LogP contribution >= 0.6 is 0 Å². The number of para-hydroxylation sites is 1. The van der Waals surface area contributed by atoms with E-state index in [1.165, 1.54) is 20.0 Å². The number of esters is 1. The highest BCUT2D eigenvalue weighted by molar-refractivity contribution is 5.90. The molecule has 36 heavy (non-hydrogen) atoms. The van der Waals surface area contributed by atoms with Crippen LogP contribution in [0.25, 0.3) is 0 Å². The molecule has 1 N–H and O–H groups in total. The summed E-state index contributed by atoms with van der Waals surface area (Å²) < 4.78 is 16.6. The smallest absolute Gasteiger partial charge is 0.337 e. The van der Waals surface area contributed by atoms with Crippen LogP contribution in [0.2, 0.25) is 0 Å². The zero-order valence-electron chi connectivity index (χ0n) is 21.0. The molecule has 7 nitrogen and oxygen atoms in total. The van der Waals surface area contributed by atoms with Crippen molar-refractivity contribution in [2.75, 3.05) is 40.0 Å². The van der Waals surface area contributed by atoms with Crippen molar-refractivity contribution in [3.63, 3.8) is 0 Å². The minimum absolute atomic E-state index is 0.0840. The molecule has 1 saturated heterocycles. The Hall–Kier alpha value is -2.90. The number of carbonyl (C=O) groups is 2. The summed E-state index contributed by atoms with van der Waals surface area (Å²) in [6.07, 6.45) is 5.58. The summed E-state index contributed by atoms with van der Waals surface area (Å²) in [7, 11) is 1.38. The summed E-state index contributed by atoms with van der Waals surface area (Å²) in [6, 6.07) is 17.3. The van der Waals surface area contributed by atoms with Gasteiger partial charge in [0.05, 0.1) is 18.2 Å². The van der Waals surface area contributed by atoms with Crippen molar-refractivity contribution in [1.29, 1.82) is 0 Å². The van der Waals surface area contributed by atoms with Gasteiger partial charge < -0.3 is 19.5 Å². The van der Waals surface area contributed by atoms with Crippen LogP contribution in [0, 0.1) is 5.92 Å². The van der Waals surface area contributed by atoms with Crippen molar-refractivity contribution in [1.82, 2.24) is 10.2 Å². The summed E-state index contributed by atoms with van der Waals surface area (Å²) >= 11 is 0. The SMILES string of the molecule is COC(=O)c1ccc(C2(NC(=O)C3(N(CCOc4ccccc4)CC4CC4)CCOCC3)CC2)cc1. The van der Waals surface area contributed by atoms with E-state index in [1.54, 1.807) is 12.1 Å². The summed E-state index contributed by atoms with van der Waals surface area (Å²) in [5.74, 6) is 1.22. The van der Waals surface area contributed by atoms with Crippen LogP contribution in [0.15, 0.2) is 54.6 Å². The molecule has 7 heteroatoms. The summed E-state index contributed by atoms with van der Waals surface area (Å²) in [6.45, 7) is 3.29. The normalized spacial score (nSPS) is 19.9. The van der Waals surface area contributed by atoms with E-state index in [-0.39, 0.29) is 17.4 Å². The van der Waals surface area contributed by atoms with Crippen molar-refractivity contribution >= 4 is 11.9 Å². The predicted octanol–water partition coefficient (Wildman–Crippen LogP) is 3.92. The van der Waals surface area contributed by atoms with E-state index < -0.39 is 5.54 Å². The number of carbonyl (C=O) groups excluding carboxylic acids is 2. The lowest BCUT2D eigenvalue weighted by molar-refractivity contribution is -0.142. The maximum Gasteiger partial charge on any atom is 0.337 e. The monoisotopic (exact) mass is 492 g/mol. The highest BCUT2D eigenvalue weighted by atomic mass is 16.5. The molecule has 2 saturated carbocycles. The topological polar surface area (TPSA) is 77.1 Å². The predicted molar refractivity (Wildman–Crippen MR) is 136 cm³/mol. The van der Waals surface area contributed by atoms with Gasteiger partial charge in [-0.25, -0.2) is 4.79 Å². The van der Waals surface area contributed by atoms with E-state index in [4.69, 9.17) is 14.2 Å². The lowest BCUT2D eigenvalue weighted by Crippen LogP contribution is -2.63. The van der Waals surface area contributed by atoms with Crippen LogP contribution in [0.5, 0.6) is 5.75 Å². The van der Waals surface area contributed by atoms with Crippen LogP contribution in [0.4, 0.5) is 0 Å². The third kappa shape index (κ3) is 5.42. The molecule has 2 aromatic carbocycles. The Kier molecular flexibility index (Phi) is 7.30. The molecule has 0 unspecified atom stereocenters. The molecule has 0 spiro atoms. The number of hydrogen-bond acceptors (Lipinski definition) is 6. The van der Waals surface area contributed by atoms with Gasteiger partial charge in [0.15, 0.2) is 0 Å². The number of benzene rings is 2. The summed E-state index contributed by atoms with van der Waals surface area (Å²) in [5, 5.41) is 3.45. The molecule has 3 aliphatic rings. The molecule has 0 bridgehead atoms. The second kappa shape index (κ2) is 10.6. The number of nitrogens with zero attached hydrogens (tertiary/aromatic N) is 1. The third-order valence-electron chi connectivity index (χ3n) is 7.86. The molecule has 1 heterocycles. The minimum atomic E-state index is -0.609. The fraction of sp³-hybridized carbons (Fsp3) is 0.517. The van der Waals surface area contributed by atoms with Gasteiger partial charge in [-0.05, 0) is 74.3 Å². The molecule has 0 atom stereocenters. The van der Waals surface area contributed by atoms with E-state index in [2.05, 4.69) is 10.2 Å². The zero-order chi connectivity index (χ0) is 25.0. The summed E-state index contributed by atoms with van der Waals surface area (Å²) in [4.78, 5) is 28.3. The van der Waals surface area contributed by atoms with E-state index in [1.807, 2.05) is 42.5 Å². The number of nitrogens with one attached hydrogen (secondary N) is 1. The van der Waals surface area contributed by atoms with Crippen molar-refractivity contribution in [3.8, 4) is 5.75 Å². The minimum Gasteiger partial charge on any atom is -0.492 e. The zero-order valence-corrected chi connectivity index (χ0v) is 21.0. The van der Waals surface area contributed by atoms with Crippen LogP contribution in [-0.2, 0) is 19.8 Å². The Balaban J connectivity index is 1.32. The first-order valence-corrected chi connectivity index (χ1v) is 13.1. The standard InChI is InChI=1S/C29H36N2O5/c1-34-26(32)23-9-11-24(12-10-23)28(13-14-28)30-27(33)29(15-18-35-19-16-29)31(21-22-7-8-22)17-20-36-25-5-3-2-4-6-25/h2-6,9-12,22H,7-8,13-21H2,1H3,(H,30,33). The highest BCUT2D eigenvalue weighted by Crippen LogP contribution is 2.47. The van der Waals surface area contributed by atoms with Crippen molar-refractivity contribution in [2.45, 2.75) is 49.6 Å². The molecule has 2 aromatic rings. The number of methoxy groups -OCH3 is 1. The van der Waals surface area contributed by atoms with E-state index in [0.29, 0.717) is 50.7 Å².